The van der Waals surface area contributed by atoms with Gasteiger partial charge < -0.3 is 15.2 Å². The van der Waals surface area contributed by atoms with Gasteiger partial charge in [-0.1, -0.05) is 0 Å². The minimum atomic E-state index is 0.460. The molecule has 1 aliphatic carbocycles. The van der Waals surface area contributed by atoms with Crippen LogP contribution in [0.15, 0.2) is 24.8 Å². The van der Waals surface area contributed by atoms with Crippen LogP contribution < -0.4 is 10.2 Å². The predicted molar refractivity (Wildman–Crippen MR) is 86.0 cm³/mol. The third-order valence-electron chi connectivity index (χ3n) is 4.57. The highest BCUT2D eigenvalue weighted by Crippen LogP contribution is 2.30. The van der Waals surface area contributed by atoms with Gasteiger partial charge in [0.2, 0.25) is 0 Å². The molecule has 116 valence electrons. The fourth-order valence-electron chi connectivity index (χ4n) is 3.10. The van der Waals surface area contributed by atoms with Gasteiger partial charge in [0.25, 0.3) is 0 Å². The first-order valence-electron chi connectivity index (χ1n) is 8.18. The zero-order valence-corrected chi connectivity index (χ0v) is 12.7. The van der Waals surface area contributed by atoms with Gasteiger partial charge in [0.1, 0.15) is 23.8 Å². The normalized spacial score (nSPS) is 21.8. The van der Waals surface area contributed by atoms with Gasteiger partial charge in [-0.15, -0.1) is 0 Å². The highest BCUT2D eigenvalue weighted by Gasteiger charge is 2.24. The molecule has 1 atom stereocenters. The molecule has 6 nitrogen and oxygen atoms in total. The van der Waals surface area contributed by atoms with Crippen LogP contribution in [-0.2, 0) is 0 Å². The topological polar surface area (TPSA) is 69.7 Å². The highest BCUT2D eigenvalue weighted by atomic mass is 15.2. The molecule has 22 heavy (non-hydrogen) atoms. The molecule has 0 bridgehead atoms. The number of anilines is 2. The molecule has 6 heteroatoms. The van der Waals surface area contributed by atoms with Gasteiger partial charge in [0.05, 0.1) is 0 Å². The average molecular weight is 298 g/mol. The molecule has 2 fully saturated rings. The van der Waals surface area contributed by atoms with E-state index in [1.165, 1.54) is 25.7 Å². The predicted octanol–water partition coefficient (Wildman–Crippen LogP) is 2.41. The molecule has 1 unspecified atom stereocenters. The Labute approximate surface area is 130 Å². The summed E-state index contributed by atoms with van der Waals surface area (Å²) >= 11 is 0. The minimum Gasteiger partial charge on any atom is -0.370 e. The summed E-state index contributed by atoms with van der Waals surface area (Å²) in [6.07, 6.45) is 10.4. The van der Waals surface area contributed by atoms with Crippen molar-refractivity contribution in [3.8, 4) is 0 Å². The van der Waals surface area contributed by atoms with E-state index in [2.05, 4.69) is 36.2 Å². The SMILES string of the molecule is c1nc(NCC2CC2)cc(N2CCCC(c3ncc[nH]3)C2)n1. The van der Waals surface area contributed by atoms with Crippen molar-refractivity contribution in [2.75, 3.05) is 29.9 Å². The van der Waals surface area contributed by atoms with Crippen LogP contribution in [0.5, 0.6) is 0 Å². The summed E-state index contributed by atoms with van der Waals surface area (Å²) < 4.78 is 0. The van der Waals surface area contributed by atoms with Crippen LogP contribution in [0.2, 0.25) is 0 Å². The number of aromatic nitrogens is 4. The van der Waals surface area contributed by atoms with Crippen LogP contribution >= 0.6 is 0 Å². The van der Waals surface area contributed by atoms with E-state index >= 15 is 0 Å². The van der Waals surface area contributed by atoms with E-state index in [1.807, 2.05) is 12.4 Å². The number of nitrogens with one attached hydrogen (secondary N) is 2. The lowest BCUT2D eigenvalue weighted by Crippen LogP contribution is -2.35. The van der Waals surface area contributed by atoms with E-state index in [-0.39, 0.29) is 0 Å². The lowest BCUT2D eigenvalue weighted by Gasteiger charge is -2.32. The van der Waals surface area contributed by atoms with Gasteiger partial charge in [-0.25, -0.2) is 15.0 Å². The smallest absolute Gasteiger partial charge is 0.134 e. The molecule has 0 aromatic carbocycles. The van der Waals surface area contributed by atoms with Crippen LogP contribution in [0, 0.1) is 5.92 Å². The number of aromatic amines is 1. The molecular formula is C16H22N6. The van der Waals surface area contributed by atoms with Crippen molar-refractivity contribution in [1.29, 1.82) is 0 Å². The summed E-state index contributed by atoms with van der Waals surface area (Å²) in [5, 5.41) is 3.43. The van der Waals surface area contributed by atoms with Crippen LogP contribution in [0.3, 0.4) is 0 Å². The first-order chi connectivity index (χ1) is 10.9. The van der Waals surface area contributed by atoms with Gasteiger partial charge in [0.15, 0.2) is 0 Å². The molecule has 2 aliphatic rings. The molecule has 0 radical (unpaired) electrons. The summed E-state index contributed by atoms with van der Waals surface area (Å²) in [6, 6.07) is 2.08. The van der Waals surface area contributed by atoms with Crippen molar-refractivity contribution >= 4 is 11.6 Å². The lowest BCUT2D eigenvalue weighted by molar-refractivity contribution is 0.491. The number of H-pyrrole nitrogens is 1. The average Bonchev–Trinajstić information content (AvgIpc) is 3.24. The molecule has 2 aromatic heterocycles. The fourth-order valence-corrected chi connectivity index (χ4v) is 3.10. The molecular weight excluding hydrogens is 276 g/mol. The van der Waals surface area contributed by atoms with Gasteiger partial charge in [-0.05, 0) is 31.6 Å². The largest absolute Gasteiger partial charge is 0.370 e. The Morgan fingerprint density at radius 3 is 3.00 bits per heavy atom. The number of rotatable bonds is 5. The molecule has 1 saturated heterocycles. The molecule has 1 saturated carbocycles. The second-order valence-electron chi connectivity index (χ2n) is 6.35. The third kappa shape index (κ3) is 3.05. The monoisotopic (exact) mass is 298 g/mol. The maximum atomic E-state index is 4.47. The van der Waals surface area contributed by atoms with Crippen LogP contribution in [-0.4, -0.2) is 39.6 Å². The number of imidazole rings is 1. The fraction of sp³-hybridized carbons (Fsp3) is 0.562. The maximum Gasteiger partial charge on any atom is 0.134 e. The Kier molecular flexibility index (Phi) is 3.66. The molecule has 2 aromatic rings. The Morgan fingerprint density at radius 2 is 2.18 bits per heavy atom. The van der Waals surface area contributed by atoms with E-state index in [0.29, 0.717) is 5.92 Å². The summed E-state index contributed by atoms with van der Waals surface area (Å²) in [5.74, 6) is 4.35. The second-order valence-corrected chi connectivity index (χ2v) is 6.35. The van der Waals surface area contributed by atoms with E-state index in [4.69, 9.17) is 0 Å². The minimum absolute atomic E-state index is 0.460. The number of piperidine rings is 1. The number of hydrogen-bond acceptors (Lipinski definition) is 5. The third-order valence-corrected chi connectivity index (χ3v) is 4.57. The first kappa shape index (κ1) is 13.5. The van der Waals surface area contributed by atoms with Crippen molar-refractivity contribution in [2.45, 2.75) is 31.6 Å². The lowest BCUT2D eigenvalue weighted by atomic mass is 9.97. The zero-order valence-electron chi connectivity index (χ0n) is 12.7. The summed E-state index contributed by atoms with van der Waals surface area (Å²) in [6.45, 7) is 3.05. The Hall–Kier alpha value is -2.11. The summed E-state index contributed by atoms with van der Waals surface area (Å²) in [7, 11) is 0. The molecule has 4 rings (SSSR count). The summed E-state index contributed by atoms with van der Waals surface area (Å²) in [5.41, 5.74) is 0. The molecule has 0 spiro atoms. The Morgan fingerprint density at radius 1 is 1.23 bits per heavy atom. The molecule has 2 N–H and O–H groups in total. The Bertz CT molecular complexity index is 607. The first-order valence-corrected chi connectivity index (χ1v) is 8.18. The highest BCUT2D eigenvalue weighted by molar-refractivity contribution is 5.49. The quantitative estimate of drug-likeness (QED) is 0.887. The number of hydrogen-bond donors (Lipinski definition) is 2. The number of nitrogens with zero attached hydrogens (tertiary/aromatic N) is 4. The van der Waals surface area contributed by atoms with Crippen LogP contribution in [0.4, 0.5) is 11.6 Å². The van der Waals surface area contributed by atoms with E-state index in [1.54, 1.807) is 6.33 Å². The molecule has 1 aliphatic heterocycles. The van der Waals surface area contributed by atoms with Crippen LogP contribution in [0.1, 0.15) is 37.4 Å². The van der Waals surface area contributed by atoms with Crippen LogP contribution in [0.25, 0.3) is 0 Å². The van der Waals surface area contributed by atoms with Gasteiger partial charge in [-0.2, -0.15) is 0 Å². The van der Waals surface area contributed by atoms with Crippen molar-refractivity contribution in [2.24, 2.45) is 5.92 Å². The van der Waals surface area contributed by atoms with Gasteiger partial charge in [0, 0.05) is 44.0 Å². The van der Waals surface area contributed by atoms with Crippen molar-refractivity contribution < 1.29 is 0 Å². The second kappa shape index (κ2) is 5.94. The standard InChI is InChI=1S/C16H22N6/c1-2-13(16-17-5-6-18-16)10-22(7-1)15-8-14(20-11-21-15)19-9-12-3-4-12/h5-6,8,11-13H,1-4,7,9-10H2,(H,17,18)(H,19,20,21). The molecule has 0 amide bonds. The molecule has 3 heterocycles. The van der Waals surface area contributed by atoms with E-state index in [0.717, 1.165) is 43.0 Å². The van der Waals surface area contributed by atoms with Gasteiger partial charge in [-0.3, -0.25) is 0 Å². The van der Waals surface area contributed by atoms with Crippen molar-refractivity contribution in [3.05, 3.63) is 30.6 Å². The maximum absolute atomic E-state index is 4.47. The van der Waals surface area contributed by atoms with E-state index in [9.17, 15) is 0 Å². The van der Waals surface area contributed by atoms with Crippen molar-refractivity contribution in [1.82, 2.24) is 19.9 Å². The van der Waals surface area contributed by atoms with E-state index < -0.39 is 0 Å². The van der Waals surface area contributed by atoms with Crippen molar-refractivity contribution in [3.63, 3.8) is 0 Å². The zero-order chi connectivity index (χ0) is 14.8. The Balaban J connectivity index is 1.44. The van der Waals surface area contributed by atoms with Gasteiger partial charge >= 0.3 is 0 Å². The summed E-state index contributed by atoms with van der Waals surface area (Å²) in [4.78, 5) is 18.8.